The van der Waals surface area contributed by atoms with Gasteiger partial charge in [0.15, 0.2) is 0 Å². The zero-order valence-corrected chi connectivity index (χ0v) is 7.42. The van der Waals surface area contributed by atoms with E-state index in [1.807, 2.05) is 11.8 Å². The molecule has 1 saturated heterocycles. The molecule has 12 heavy (non-hydrogen) atoms. The predicted octanol–water partition coefficient (Wildman–Crippen LogP) is 1.02. The highest BCUT2D eigenvalue weighted by Gasteiger charge is 2.20. The number of rotatable bonds is 1. The van der Waals surface area contributed by atoms with Crippen molar-refractivity contribution < 1.29 is 0 Å². The molecule has 1 aromatic rings. The first-order valence-electron chi connectivity index (χ1n) is 3.92. The number of aromatic nitrogens is 3. The van der Waals surface area contributed by atoms with Crippen molar-refractivity contribution in [1.29, 1.82) is 0 Å². The first-order chi connectivity index (χ1) is 5.86. The lowest BCUT2D eigenvalue weighted by Crippen LogP contribution is -2.03. The van der Waals surface area contributed by atoms with Gasteiger partial charge >= 0.3 is 0 Å². The Bertz CT molecular complexity index is 272. The lowest BCUT2D eigenvalue weighted by molar-refractivity contribution is 0.769. The van der Waals surface area contributed by atoms with Crippen molar-refractivity contribution in [2.45, 2.75) is 18.1 Å². The third kappa shape index (κ3) is 1.50. The van der Waals surface area contributed by atoms with Crippen LogP contribution in [0.1, 0.15) is 23.9 Å². The van der Waals surface area contributed by atoms with Crippen LogP contribution in [-0.4, -0.2) is 20.7 Å². The molecule has 1 atom stereocenters. The summed E-state index contributed by atoms with van der Waals surface area (Å²) in [5.41, 5.74) is 5.45. The Morgan fingerprint density at radius 2 is 2.42 bits per heavy atom. The van der Waals surface area contributed by atoms with Crippen LogP contribution in [0, 0.1) is 0 Å². The molecule has 0 aliphatic carbocycles. The highest BCUT2D eigenvalue weighted by atomic mass is 32.2. The largest absolute Gasteiger partial charge is 0.368 e. The van der Waals surface area contributed by atoms with Gasteiger partial charge in [-0.1, -0.05) is 0 Å². The maximum absolute atomic E-state index is 5.45. The maximum atomic E-state index is 5.45. The van der Waals surface area contributed by atoms with E-state index < -0.39 is 0 Å². The SMILES string of the molecule is Nc1ncnc(C2CCCS2)n1. The standard InChI is InChI=1S/C7H10N4S/c8-7-10-4-9-6(11-7)5-2-1-3-12-5/h4-5H,1-3H2,(H2,8,9,10,11). The molecule has 1 aliphatic rings. The molecular weight excluding hydrogens is 172 g/mol. The fourth-order valence-corrected chi connectivity index (χ4v) is 2.47. The van der Waals surface area contributed by atoms with E-state index in [4.69, 9.17) is 5.73 Å². The number of nitrogens with zero attached hydrogens (tertiary/aromatic N) is 3. The molecule has 1 unspecified atom stereocenters. The van der Waals surface area contributed by atoms with Crippen LogP contribution >= 0.6 is 11.8 Å². The molecule has 0 saturated carbocycles. The second kappa shape index (κ2) is 3.26. The van der Waals surface area contributed by atoms with Crippen molar-refractivity contribution in [2.75, 3.05) is 11.5 Å². The van der Waals surface area contributed by atoms with Crippen LogP contribution < -0.4 is 5.73 Å². The van der Waals surface area contributed by atoms with E-state index in [-0.39, 0.29) is 0 Å². The minimum Gasteiger partial charge on any atom is -0.368 e. The van der Waals surface area contributed by atoms with E-state index in [0.717, 1.165) is 12.2 Å². The summed E-state index contributed by atoms with van der Waals surface area (Å²) in [6, 6.07) is 0. The Morgan fingerprint density at radius 3 is 3.08 bits per heavy atom. The highest BCUT2D eigenvalue weighted by molar-refractivity contribution is 7.99. The Balaban J connectivity index is 2.21. The van der Waals surface area contributed by atoms with Gasteiger partial charge in [0.05, 0.1) is 5.25 Å². The van der Waals surface area contributed by atoms with E-state index >= 15 is 0 Å². The van der Waals surface area contributed by atoms with Gasteiger partial charge in [-0.15, -0.1) is 0 Å². The molecule has 0 aromatic carbocycles. The minimum atomic E-state index is 0.326. The van der Waals surface area contributed by atoms with E-state index in [1.165, 1.54) is 18.5 Å². The second-order valence-corrected chi connectivity index (χ2v) is 4.01. The first kappa shape index (κ1) is 7.79. The van der Waals surface area contributed by atoms with Crippen molar-refractivity contribution in [2.24, 2.45) is 0 Å². The van der Waals surface area contributed by atoms with Gasteiger partial charge in [0.25, 0.3) is 0 Å². The Hall–Kier alpha value is -0.840. The van der Waals surface area contributed by atoms with Crippen molar-refractivity contribution in [1.82, 2.24) is 15.0 Å². The van der Waals surface area contributed by atoms with Gasteiger partial charge in [0.1, 0.15) is 12.2 Å². The third-order valence-corrected chi connectivity index (χ3v) is 3.20. The summed E-state index contributed by atoms with van der Waals surface area (Å²) in [4.78, 5) is 11.9. The number of thioether (sulfide) groups is 1. The average Bonchev–Trinajstić information content (AvgIpc) is 2.56. The molecule has 4 nitrogen and oxygen atoms in total. The van der Waals surface area contributed by atoms with Gasteiger partial charge in [0, 0.05) is 0 Å². The summed E-state index contributed by atoms with van der Waals surface area (Å²) in [5.74, 6) is 2.37. The van der Waals surface area contributed by atoms with Gasteiger partial charge in [-0.05, 0) is 18.6 Å². The van der Waals surface area contributed by atoms with Gasteiger partial charge in [-0.2, -0.15) is 16.7 Å². The third-order valence-electron chi connectivity index (χ3n) is 1.83. The number of hydrogen-bond acceptors (Lipinski definition) is 5. The summed E-state index contributed by atoms with van der Waals surface area (Å²) >= 11 is 1.90. The van der Waals surface area contributed by atoms with E-state index in [9.17, 15) is 0 Å². The molecule has 2 rings (SSSR count). The fourth-order valence-electron chi connectivity index (χ4n) is 1.26. The Kier molecular flexibility index (Phi) is 2.12. The summed E-state index contributed by atoms with van der Waals surface area (Å²) in [5, 5.41) is 0.440. The molecule has 2 N–H and O–H groups in total. The molecule has 2 heterocycles. The lowest BCUT2D eigenvalue weighted by atomic mass is 10.2. The molecule has 0 radical (unpaired) electrons. The molecular formula is C7H10N4S. The molecule has 0 amide bonds. The highest BCUT2D eigenvalue weighted by Crippen LogP contribution is 2.37. The predicted molar refractivity (Wildman–Crippen MR) is 48.7 cm³/mol. The Morgan fingerprint density at radius 1 is 1.50 bits per heavy atom. The molecule has 0 bridgehead atoms. The van der Waals surface area contributed by atoms with Gasteiger partial charge < -0.3 is 5.73 Å². The van der Waals surface area contributed by atoms with Gasteiger partial charge in [-0.3, -0.25) is 0 Å². The topological polar surface area (TPSA) is 64.7 Å². The summed E-state index contributed by atoms with van der Waals surface area (Å²) in [6.45, 7) is 0. The molecule has 5 heteroatoms. The maximum Gasteiger partial charge on any atom is 0.223 e. The monoisotopic (exact) mass is 182 g/mol. The summed E-state index contributed by atoms with van der Waals surface area (Å²) < 4.78 is 0. The molecule has 1 aromatic heterocycles. The van der Waals surface area contributed by atoms with Crippen molar-refractivity contribution in [3.63, 3.8) is 0 Å². The van der Waals surface area contributed by atoms with Crippen molar-refractivity contribution in [3.05, 3.63) is 12.2 Å². The number of nitrogen functional groups attached to an aromatic ring is 1. The lowest BCUT2D eigenvalue weighted by Gasteiger charge is -2.05. The zero-order valence-electron chi connectivity index (χ0n) is 6.60. The molecule has 1 aliphatic heterocycles. The van der Waals surface area contributed by atoms with Crippen LogP contribution in [0.15, 0.2) is 6.33 Å². The number of hydrogen-bond donors (Lipinski definition) is 1. The normalized spacial score (nSPS) is 22.8. The average molecular weight is 182 g/mol. The minimum absolute atomic E-state index is 0.326. The molecule has 64 valence electrons. The number of anilines is 1. The zero-order chi connectivity index (χ0) is 8.39. The Labute approximate surface area is 75.0 Å². The van der Waals surface area contributed by atoms with Crippen molar-refractivity contribution in [3.8, 4) is 0 Å². The second-order valence-electron chi connectivity index (χ2n) is 2.70. The smallest absolute Gasteiger partial charge is 0.223 e. The first-order valence-corrected chi connectivity index (χ1v) is 4.97. The van der Waals surface area contributed by atoms with Crippen LogP contribution in [0.4, 0.5) is 5.95 Å². The van der Waals surface area contributed by atoms with E-state index in [0.29, 0.717) is 11.2 Å². The van der Waals surface area contributed by atoms with Gasteiger partial charge in [0.2, 0.25) is 5.95 Å². The fraction of sp³-hybridized carbons (Fsp3) is 0.571. The van der Waals surface area contributed by atoms with Crippen LogP contribution in [0.3, 0.4) is 0 Å². The summed E-state index contributed by atoms with van der Waals surface area (Å²) in [6.07, 6.45) is 3.89. The van der Waals surface area contributed by atoms with Crippen LogP contribution in [0.2, 0.25) is 0 Å². The van der Waals surface area contributed by atoms with Crippen molar-refractivity contribution >= 4 is 17.7 Å². The van der Waals surface area contributed by atoms with Gasteiger partial charge in [-0.25, -0.2) is 9.97 Å². The van der Waals surface area contributed by atoms with Crippen LogP contribution in [0.5, 0.6) is 0 Å². The number of nitrogens with two attached hydrogens (primary N) is 1. The molecule has 1 fully saturated rings. The van der Waals surface area contributed by atoms with E-state index in [2.05, 4.69) is 15.0 Å². The van der Waals surface area contributed by atoms with Crippen LogP contribution in [0.25, 0.3) is 0 Å². The molecule has 0 spiro atoms. The summed E-state index contributed by atoms with van der Waals surface area (Å²) in [7, 11) is 0. The van der Waals surface area contributed by atoms with E-state index in [1.54, 1.807) is 0 Å². The quantitative estimate of drug-likeness (QED) is 0.702. The van der Waals surface area contributed by atoms with Crippen LogP contribution in [-0.2, 0) is 0 Å².